The van der Waals surface area contributed by atoms with E-state index < -0.39 is 11.6 Å². The first kappa shape index (κ1) is 8.71. The number of carbonyl (C=O) groups is 1. The molecule has 3 heteroatoms. The standard InChI is InChI=1S/C9H9FO2/c1-5-7(6(2)11)3-4-8(12)9(5)10/h3-4,12H,1-2H3. The van der Waals surface area contributed by atoms with E-state index in [4.69, 9.17) is 5.11 Å². The van der Waals surface area contributed by atoms with Crippen molar-refractivity contribution in [3.05, 3.63) is 29.1 Å². The van der Waals surface area contributed by atoms with Crippen molar-refractivity contribution in [1.29, 1.82) is 0 Å². The molecule has 0 heterocycles. The average Bonchev–Trinajstić information content (AvgIpc) is 2.00. The van der Waals surface area contributed by atoms with Gasteiger partial charge in [-0.3, -0.25) is 4.79 Å². The fraction of sp³-hybridized carbons (Fsp3) is 0.222. The molecule has 0 aliphatic carbocycles. The van der Waals surface area contributed by atoms with Gasteiger partial charge in [0.05, 0.1) is 0 Å². The van der Waals surface area contributed by atoms with Crippen molar-refractivity contribution in [2.45, 2.75) is 13.8 Å². The van der Waals surface area contributed by atoms with Crippen molar-refractivity contribution in [2.75, 3.05) is 0 Å². The Balaban J connectivity index is 3.36. The number of phenolic OH excluding ortho intramolecular Hbond substituents is 1. The molecule has 0 bridgehead atoms. The molecule has 2 nitrogen and oxygen atoms in total. The summed E-state index contributed by atoms with van der Waals surface area (Å²) in [6.45, 7) is 2.82. The lowest BCUT2D eigenvalue weighted by atomic mass is 10.0. The number of benzene rings is 1. The monoisotopic (exact) mass is 168 g/mol. The Labute approximate surface area is 69.6 Å². The summed E-state index contributed by atoms with van der Waals surface area (Å²) < 4.78 is 12.9. The van der Waals surface area contributed by atoms with Gasteiger partial charge in [0.15, 0.2) is 17.3 Å². The largest absolute Gasteiger partial charge is 0.505 e. The Morgan fingerprint density at radius 3 is 2.58 bits per heavy atom. The first-order chi connectivity index (χ1) is 5.54. The van der Waals surface area contributed by atoms with Crippen molar-refractivity contribution in [3.8, 4) is 5.75 Å². The number of carbonyl (C=O) groups excluding carboxylic acids is 1. The molecule has 1 aromatic rings. The summed E-state index contributed by atoms with van der Waals surface area (Å²) in [5, 5.41) is 8.92. The zero-order valence-corrected chi connectivity index (χ0v) is 6.89. The Kier molecular flexibility index (Phi) is 2.13. The summed E-state index contributed by atoms with van der Waals surface area (Å²) in [6, 6.07) is 2.59. The van der Waals surface area contributed by atoms with Gasteiger partial charge in [0.25, 0.3) is 0 Å². The van der Waals surface area contributed by atoms with Crippen LogP contribution in [-0.2, 0) is 0 Å². The second-order valence-electron chi connectivity index (χ2n) is 2.63. The molecular weight excluding hydrogens is 159 g/mol. The van der Waals surface area contributed by atoms with Crippen molar-refractivity contribution in [1.82, 2.24) is 0 Å². The van der Waals surface area contributed by atoms with Crippen LogP contribution < -0.4 is 0 Å². The number of Topliss-reactive ketones (excluding diaryl/α,β-unsaturated/α-hetero) is 1. The Morgan fingerprint density at radius 1 is 1.50 bits per heavy atom. The van der Waals surface area contributed by atoms with E-state index in [1.165, 1.54) is 26.0 Å². The first-order valence-corrected chi connectivity index (χ1v) is 3.53. The molecule has 0 spiro atoms. The lowest BCUT2D eigenvalue weighted by Gasteiger charge is -2.03. The predicted octanol–water partition coefficient (Wildman–Crippen LogP) is 2.04. The van der Waals surface area contributed by atoms with Gasteiger partial charge in [-0.1, -0.05) is 0 Å². The maximum Gasteiger partial charge on any atom is 0.168 e. The zero-order valence-electron chi connectivity index (χ0n) is 6.89. The van der Waals surface area contributed by atoms with Crippen LogP contribution in [-0.4, -0.2) is 10.9 Å². The third kappa shape index (κ3) is 1.30. The van der Waals surface area contributed by atoms with Gasteiger partial charge in [-0.15, -0.1) is 0 Å². The van der Waals surface area contributed by atoms with Gasteiger partial charge in [-0.05, 0) is 31.5 Å². The smallest absolute Gasteiger partial charge is 0.168 e. The van der Waals surface area contributed by atoms with Gasteiger partial charge in [0.1, 0.15) is 0 Å². The van der Waals surface area contributed by atoms with Crippen LogP contribution in [0.4, 0.5) is 4.39 Å². The molecule has 12 heavy (non-hydrogen) atoms. The fourth-order valence-corrected chi connectivity index (χ4v) is 1.05. The minimum Gasteiger partial charge on any atom is -0.505 e. The van der Waals surface area contributed by atoms with E-state index in [0.29, 0.717) is 5.56 Å². The van der Waals surface area contributed by atoms with Gasteiger partial charge in [-0.25, -0.2) is 4.39 Å². The SMILES string of the molecule is CC(=O)c1ccc(O)c(F)c1C. The quantitative estimate of drug-likeness (QED) is 0.651. The summed E-state index contributed by atoms with van der Waals surface area (Å²) in [5.41, 5.74) is 0.507. The molecule has 0 fully saturated rings. The van der Waals surface area contributed by atoms with Crippen LogP contribution in [0, 0.1) is 12.7 Å². The molecule has 1 N–H and O–H groups in total. The number of hydrogen-bond acceptors (Lipinski definition) is 2. The van der Waals surface area contributed by atoms with E-state index >= 15 is 0 Å². The Morgan fingerprint density at radius 2 is 2.08 bits per heavy atom. The van der Waals surface area contributed by atoms with Crippen molar-refractivity contribution >= 4 is 5.78 Å². The topological polar surface area (TPSA) is 37.3 Å². The van der Waals surface area contributed by atoms with E-state index in [2.05, 4.69) is 0 Å². The highest BCUT2D eigenvalue weighted by Gasteiger charge is 2.10. The Bertz CT molecular complexity index is 332. The van der Waals surface area contributed by atoms with Gasteiger partial charge in [0, 0.05) is 5.56 Å². The molecule has 0 unspecified atom stereocenters. The number of ketones is 1. The molecule has 0 aliphatic rings. The van der Waals surface area contributed by atoms with E-state index in [0.717, 1.165) is 0 Å². The van der Waals surface area contributed by atoms with Crippen molar-refractivity contribution in [2.24, 2.45) is 0 Å². The molecule has 1 aromatic carbocycles. The maximum atomic E-state index is 12.9. The van der Waals surface area contributed by atoms with Crippen LogP contribution in [0.1, 0.15) is 22.8 Å². The number of rotatable bonds is 1. The van der Waals surface area contributed by atoms with E-state index in [-0.39, 0.29) is 11.3 Å². The van der Waals surface area contributed by atoms with Crippen LogP contribution in [0.2, 0.25) is 0 Å². The molecule has 0 radical (unpaired) electrons. The number of aromatic hydroxyl groups is 1. The summed E-state index contributed by atoms with van der Waals surface area (Å²) in [4.78, 5) is 10.9. The highest BCUT2D eigenvalue weighted by atomic mass is 19.1. The lowest BCUT2D eigenvalue weighted by molar-refractivity contribution is 0.101. The summed E-state index contributed by atoms with van der Waals surface area (Å²) in [5.74, 6) is -1.34. The molecule has 64 valence electrons. The molecule has 0 atom stereocenters. The summed E-state index contributed by atoms with van der Waals surface area (Å²) >= 11 is 0. The lowest BCUT2D eigenvalue weighted by Crippen LogP contribution is -1.98. The van der Waals surface area contributed by atoms with Crippen LogP contribution in [0.3, 0.4) is 0 Å². The van der Waals surface area contributed by atoms with E-state index in [1.54, 1.807) is 0 Å². The Hall–Kier alpha value is -1.38. The molecule has 0 saturated heterocycles. The first-order valence-electron chi connectivity index (χ1n) is 3.53. The third-order valence-electron chi connectivity index (χ3n) is 1.75. The number of hydrogen-bond donors (Lipinski definition) is 1. The number of halogens is 1. The molecular formula is C9H9FO2. The highest BCUT2D eigenvalue weighted by molar-refractivity contribution is 5.95. The zero-order chi connectivity index (χ0) is 9.30. The predicted molar refractivity (Wildman–Crippen MR) is 42.8 cm³/mol. The molecule has 0 aromatic heterocycles. The summed E-state index contributed by atoms with van der Waals surface area (Å²) in [6.07, 6.45) is 0. The van der Waals surface area contributed by atoms with Gasteiger partial charge in [0.2, 0.25) is 0 Å². The number of phenols is 1. The van der Waals surface area contributed by atoms with Gasteiger partial charge < -0.3 is 5.11 Å². The van der Waals surface area contributed by atoms with Crippen LogP contribution >= 0.6 is 0 Å². The average molecular weight is 168 g/mol. The summed E-state index contributed by atoms with van der Waals surface area (Å²) in [7, 11) is 0. The fourth-order valence-electron chi connectivity index (χ4n) is 1.05. The minimum absolute atomic E-state index is 0.197. The van der Waals surface area contributed by atoms with E-state index in [1.807, 2.05) is 0 Å². The van der Waals surface area contributed by atoms with Crippen molar-refractivity contribution in [3.63, 3.8) is 0 Å². The molecule has 0 amide bonds. The normalized spacial score (nSPS) is 9.92. The van der Waals surface area contributed by atoms with Crippen LogP contribution in [0.5, 0.6) is 5.75 Å². The second-order valence-corrected chi connectivity index (χ2v) is 2.63. The van der Waals surface area contributed by atoms with Crippen molar-refractivity contribution < 1.29 is 14.3 Å². The molecule has 0 saturated carbocycles. The molecule has 1 rings (SSSR count). The second kappa shape index (κ2) is 2.93. The van der Waals surface area contributed by atoms with Crippen LogP contribution in [0.15, 0.2) is 12.1 Å². The van der Waals surface area contributed by atoms with Gasteiger partial charge >= 0.3 is 0 Å². The maximum absolute atomic E-state index is 12.9. The van der Waals surface area contributed by atoms with Crippen LogP contribution in [0.25, 0.3) is 0 Å². The van der Waals surface area contributed by atoms with E-state index in [9.17, 15) is 9.18 Å². The highest BCUT2D eigenvalue weighted by Crippen LogP contribution is 2.21. The third-order valence-corrected chi connectivity index (χ3v) is 1.75. The molecule has 0 aliphatic heterocycles. The minimum atomic E-state index is -0.720. The van der Waals surface area contributed by atoms with Gasteiger partial charge in [-0.2, -0.15) is 0 Å².